The minimum absolute atomic E-state index is 0.376. The second kappa shape index (κ2) is 5.82. The van der Waals surface area contributed by atoms with E-state index in [-0.39, 0.29) is 0 Å². The van der Waals surface area contributed by atoms with Crippen LogP contribution >= 0.6 is 11.6 Å². The minimum Gasteiger partial charge on any atom is -0.486 e. The number of hydrogen-bond acceptors (Lipinski definition) is 3. The molecule has 1 saturated heterocycles. The summed E-state index contributed by atoms with van der Waals surface area (Å²) in [5.74, 6) is 2.57. The van der Waals surface area contributed by atoms with Crippen LogP contribution in [0.4, 0.5) is 0 Å². The van der Waals surface area contributed by atoms with Crippen molar-refractivity contribution >= 4 is 11.6 Å². The number of fused-ring (bicyclic) bond motifs is 1. The maximum Gasteiger partial charge on any atom is 0.165 e. The fourth-order valence-corrected chi connectivity index (χ4v) is 3.64. The van der Waals surface area contributed by atoms with Crippen LogP contribution in [0, 0.1) is 0 Å². The maximum absolute atomic E-state index is 6.58. The van der Waals surface area contributed by atoms with Crippen molar-refractivity contribution in [2.45, 2.75) is 38.5 Å². The molecule has 3 rings (SSSR count). The van der Waals surface area contributed by atoms with Crippen molar-refractivity contribution < 1.29 is 9.47 Å². The van der Waals surface area contributed by atoms with Crippen LogP contribution in [-0.4, -0.2) is 26.3 Å². The van der Waals surface area contributed by atoms with Crippen LogP contribution < -0.4 is 14.8 Å². The maximum atomic E-state index is 6.58. The van der Waals surface area contributed by atoms with Crippen LogP contribution in [0.5, 0.6) is 11.5 Å². The first-order valence-electron chi connectivity index (χ1n) is 7.51. The van der Waals surface area contributed by atoms with E-state index in [9.17, 15) is 0 Å². The molecule has 20 heavy (non-hydrogen) atoms. The highest BCUT2D eigenvalue weighted by Gasteiger charge is 2.29. The molecule has 1 atom stereocenters. The standard InChI is InChI=1S/C16H22ClNO2/c1-10(2)14-15(11-4-3-5-18-9-11)12(17)8-13-16(14)20-7-6-19-13/h8,10-11,18H,3-7,9H2,1-2H3. The monoisotopic (exact) mass is 295 g/mol. The van der Waals surface area contributed by atoms with Crippen molar-refractivity contribution in [1.29, 1.82) is 0 Å². The van der Waals surface area contributed by atoms with Gasteiger partial charge >= 0.3 is 0 Å². The van der Waals surface area contributed by atoms with Crippen LogP contribution in [-0.2, 0) is 0 Å². The van der Waals surface area contributed by atoms with E-state index < -0.39 is 0 Å². The summed E-state index contributed by atoms with van der Waals surface area (Å²) in [6, 6.07) is 1.94. The largest absolute Gasteiger partial charge is 0.486 e. The van der Waals surface area contributed by atoms with Crippen molar-refractivity contribution in [1.82, 2.24) is 5.32 Å². The lowest BCUT2D eigenvalue weighted by Gasteiger charge is -2.31. The first-order chi connectivity index (χ1) is 9.68. The Bertz CT molecular complexity index is 496. The summed E-state index contributed by atoms with van der Waals surface area (Å²) in [4.78, 5) is 0. The third-order valence-electron chi connectivity index (χ3n) is 4.14. The summed E-state index contributed by atoms with van der Waals surface area (Å²) in [6.45, 7) is 7.73. The fraction of sp³-hybridized carbons (Fsp3) is 0.625. The molecule has 0 amide bonds. The predicted molar refractivity (Wildman–Crippen MR) is 81.4 cm³/mol. The number of ether oxygens (including phenoxy) is 2. The fourth-order valence-electron chi connectivity index (χ4n) is 3.28. The SMILES string of the molecule is CC(C)c1c2c(cc(Cl)c1C1CCCNC1)OCCO2. The van der Waals surface area contributed by atoms with E-state index in [1.54, 1.807) is 0 Å². The van der Waals surface area contributed by atoms with Crippen LogP contribution in [0.15, 0.2) is 6.07 Å². The molecule has 1 aromatic carbocycles. The van der Waals surface area contributed by atoms with Crippen molar-refractivity contribution in [3.8, 4) is 11.5 Å². The zero-order valence-corrected chi connectivity index (χ0v) is 12.9. The van der Waals surface area contributed by atoms with Gasteiger partial charge in [-0.1, -0.05) is 25.4 Å². The molecule has 0 bridgehead atoms. The quantitative estimate of drug-likeness (QED) is 0.902. The zero-order chi connectivity index (χ0) is 14.1. The normalized spacial score (nSPS) is 22.1. The average molecular weight is 296 g/mol. The van der Waals surface area contributed by atoms with Gasteiger partial charge in [0.2, 0.25) is 0 Å². The van der Waals surface area contributed by atoms with Crippen molar-refractivity contribution in [2.75, 3.05) is 26.3 Å². The lowest BCUT2D eigenvalue weighted by molar-refractivity contribution is 0.169. The molecule has 1 fully saturated rings. The molecular weight excluding hydrogens is 274 g/mol. The Morgan fingerprint density at radius 2 is 2.10 bits per heavy atom. The van der Waals surface area contributed by atoms with Crippen LogP contribution in [0.2, 0.25) is 5.02 Å². The van der Waals surface area contributed by atoms with Gasteiger partial charge in [-0.25, -0.2) is 0 Å². The Labute approximate surface area is 125 Å². The summed E-state index contributed by atoms with van der Waals surface area (Å²) in [5.41, 5.74) is 2.50. The smallest absolute Gasteiger partial charge is 0.165 e. The number of benzene rings is 1. The molecule has 0 spiro atoms. The Kier molecular flexibility index (Phi) is 4.08. The van der Waals surface area contributed by atoms with Gasteiger partial charge in [-0.15, -0.1) is 0 Å². The summed E-state index contributed by atoms with van der Waals surface area (Å²) in [5, 5.41) is 4.30. The molecule has 4 heteroatoms. The molecule has 0 saturated carbocycles. The topological polar surface area (TPSA) is 30.5 Å². The van der Waals surface area contributed by atoms with E-state index in [4.69, 9.17) is 21.1 Å². The number of halogens is 1. The summed E-state index contributed by atoms with van der Waals surface area (Å²) in [6.07, 6.45) is 2.39. The van der Waals surface area contributed by atoms with E-state index in [0.717, 1.165) is 29.6 Å². The second-order valence-corrected chi connectivity index (χ2v) is 6.32. The van der Waals surface area contributed by atoms with Gasteiger partial charge in [-0.2, -0.15) is 0 Å². The molecule has 2 aliphatic heterocycles. The van der Waals surface area contributed by atoms with Gasteiger partial charge in [0.05, 0.1) is 0 Å². The van der Waals surface area contributed by atoms with E-state index in [0.29, 0.717) is 25.0 Å². The van der Waals surface area contributed by atoms with Crippen molar-refractivity contribution in [2.24, 2.45) is 0 Å². The third-order valence-corrected chi connectivity index (χ3v) is 4.46. The van der Waals surface area contributed by atoms with E-state index >= 15 is 0 Å². The third kappa shape index (κ3) is 2.49. The van der Waals surface area contributed by atoms with Crippen LogP contribution in [0.1, 0.15) is 49.7 Å². The van der Waals surface area contributed by atoms with Crippen LogP contribution in [0.3, 0.4) is 0 Å². The molecular formula is C16H22ClNO2. The Morgan fingerprint density at radius 3 is 2.80 bits per heavy atom. The van der Waals surface area contributed by atoms with Gasteiger partial charge in [0.25, 0.3) is 0 Å². The number of piperidine rings is 1. The molecule has 0 radical (unpaired) electrons. The van der Waals surface area contributed by atoms with E-state index in [1.165, 1.54) is 24.0 Å². The van der Waals surface area contributed by atoms with Crippen molar-refractivity contribution in [3.05, 3.63) is 22.2 Å². The van der Waals surface area contributed by atoms with Crippen molar-refractivity contribution in [3.63, 3.8) is 0 Å². The average Bonchev–Trinajstić information content (AvgIpc) is 2.46. The van der Waals surface area contributed by atoms with Gasteiger partial charge in [0, 0.05) is 23.2 Å². The lowest BCUT2D eigenvalue weighted by Crippen LogP contribution is -2.29. The predicted octanol–water partition coefficient (Wildman–Crippen LogP) is 3.70. The molecule has 1 N–H and O–H groups in total. The molecule has 110 valence electrons. The van der Waals surface area contributed by atoms with Gasteiger partial charge < -0.3 is 14.8 Å². The highest BCUT2D eigenvalue weighted by molar-refractivity contribution is 6.31. The highest BCUT2D eigenvalue weighted by Crippen LogP contribution is 2.47. The molecule has 1 aromatic rings. The van der Waals surface area contributed by atoms with Gasteiger partial charge in [-0.05, 0) is 36.8 Å². The highest BCUT2D eigenvalue weighted by atomic mass is 35.5. The Hall–Kier alpha value is -0.930. The van der Waals surface area contributed by atoms with Gasteiger partial charge in [0.1, 0.15) is 13.2 Å². The summed E-state index contributed by atoms with van der Waals surface area (Å²) >= 11 is 6.58. The Balaban J connectivity index is 2.11. The molecule has 0 aliphatic carbocycles. The minimum atomic E-state index is 0.376. The first kappa shape index (κ1) is 14.0. The number of rotatable bonds is 2. The lowest BCUT2D eigenvalue weighted by atomic mass is 9.84. The second-order valence-electron chi connectivity index (χ2n) is 5.91. The molecule has 1 unspecified atom stereocenters. The summed E-state index contributed by atoms with van der Waals surface area (Å²) < 4.78 is 11.6. The number of hydrogen-bond donors (Lipinski definition) is 1. The van der Waals surface area contributed by atoms with Crippen LogP contribution in [0.25, 0.3) is 0 Å². The van der Waals surface area contributed by atoms with Gasteiger partial charge in [0.15, 0.2) is 11.5 Å². The number of nitrogens with one attached hydrogen (secondary N) is 1. The molecule has 0 aromatic heterocycles. The van der Waals surface area contributed by atoms with E-state index in [1.807, 2.05) is 6.07 Å². The van der Waals surface area contributed by atoms with Gasteiger partial charge in [-0.3, -0.25) is 0 Å². The first-order valence-corrected chi connectivity index (χ1v) is 7.89. The summed E-state index contributed by atoms with van der Waals surface area (Å²) in [7, 11) is 0. The van der Waals surface area contributed by atoms with E-state index in [2.05, 4.69) is 19.2 Å². The molecule has 2 heterocycles. The molecule has 2 aliphatic rings. The molecule has 3 nitrogen and oxygen atoms in total. The zero-order valence-electron chi connectivity index (χ0n) is 12.2. The Morgan fingerprint density at radius 1 is 1.30 bits per heavy atom.